The summed E-state index contributed by atoms with van der Waals surface area (Å²) in [6.07, 6.45) is 3.26. The minimum absolute atomic E-state index is 0.188. The molecule has 126 valence electrons. The molecule has 1 aromatic rings. The molecule has 2 aliphatic rings. The van der Waals surface area contributed by atoms with Gasteiger partial charge in [-0.15, -0.1) is 0 Å². The number of nitrogens with one attached hydrogen (secondary N) is 1. The Morgan fingerprint density at radius 1 is 0.870 bits per heavy atom. The van der Waals surface area contributed by atoms with Crippen molar-refractivity contribution in [2.75, 3.05) is 0 Å². The van der Waals surface area contributed by atoms with Crippen molar-refractivity contribution in [1.82, 2.24) is 5.32 Å². The third kappa shape index (κ3) is 2.98. The number of hydrogen-bond donors (Lipinski definition) is 1. The summed E-state index contributed by atoms with van der Waals surface area (Å²) in [5.74, 6) is -10.9. The van der Waals surface area contributed by atoms with Crippen LogP contribution >= 0.6 is 0 Å². The van der Waals surface area contributed by atoms with Gasteiger partial charge in [-0.2, -0.15) is 0 Å². The van der Waals surface area contributed by atoms with Crippen LogP contribution < -0.4 is 5.32 Å². The van der Waals surface area contributed by atoms with Gasteiger partial charge in [0.25, 0.3) is 0 Å². The topological polar surface area (TPSA) is 29.1 Å². The summed E-state index contributed by atoms with van der Waals surface area (Å²) in [5, 5.41) is 3.38. The molecule has 1 N–H and O–H groups in total. The van der Waals surface area contributed by atoms with E-state index in [2.05, 4.69) is 5.32 Å². The molecule has 0 spiro atoms. The summed E-state index contributed by atoms with van der Waals surface area (Å²) in [5.41, 5.74) is -1.03. The van der Waals surface area contributed by atoms with E-state index >= 15 is 0 Å². The van der Waals surface area contributed by atoms with Gasteiger partial charge in [0.15, 0.2) is 23.3 Å². The number of piperidine rings is 2. The molecule has 2 atom stereocenters. The number of rotatable bonds is 3. The summed E-state index contributed by atoms with van der Waals surface area (Å²) < 4.78 is 66.8. The van der Waals surface area contributed by atoms with Crippen LogP contribution in [-0.4, -0.2) is 17.9 Å². The highest BCUT2D eigenvalue weighted by atomic mass is 19.2. The summed E-state index contributed by atoms with van der Waals surface area (Å²) in [7, 11) is 0. The monoisotopic (exact) mass is 333 g/mol. The minimum atomic E-state index is -2.20. The fourth-order valence-corrected chi connectivity index (χ4v) is 3.65. The standard InChI is InChI=1S/C16H16F5NO/c17-12-10(13(18)15(20)16(21)14(12)19)6-11(23)7-4-8-2-1-3-9(5-7)22-8/h7-9,22H,1-6H2. The average molecular weight is 333 g/mol. The molecule has 2 heterocycles. The van der Waals surface area contributed by atoms with Crippen molar-refractivity contribution in [1.29, 1.82) is 0 Å². The van der Waals surface area contributed by atoms with Crippen molar-refractivity contribution in [3.05, 3.63) is 34.6 Å². The van der Waals surface area contributed by atoms with E-state index < -0.39 is 52.8 Å². The largest absolute Gasteiger partial charge is 0.311 e. The van der Waals surface area contributed by atoms with Crippen LogP contribution in [0.2, 0.25) is 0 Å². The molecule has 1 aromatic carbocycles. The van der Waals surface area contributed by atoms with Crippen molar-refractivity contribution in [3.63, 3.8) is 0 Å². The predicted octanol–water partition coefficient (Wildman–Crippen LogP) is 3.41. The van der Waals surface area contributed by atoms with Gasteiger partial charge in [-0.1, -0.05) is 6.42 Å². The van der Waals surface area contributed by atoms with Gasteiger partial charge in [0.1, 0.15) is 5.78 Å². The number of hydrogen-bond acceptors (Lipinski definition) is 2. The number of fused-ring (bicyclic) bond motifs is 2. The smallest absolute Gasteiger partial charge is 0.200 e. The third-order valence-corrected chi connectivity index (χ3v) is 4.82. The number of carbonyl (C=O) groups excluding carboxylic acids is 1. The Balaban J connectivity index is 1.81. The van der Waals surface area contributed by atoms with E-state index in [4.69, 9.17) is 0 Å². The van der Waals surface area contributed by atoms with E-state index in [1.54, 1.807) is 0 Å². The highest BCUT2D eigenvalue weighted by molar-refractivity contribution is 5.83. The molecule has 3 rings (SSSR count). The first-order chi connectivity index (χ1) is 10.9. The molecule has 7 heteroatoms. The lowest BCUT2D eigenvalue weighted by atomic mass is 9.77. The van der Waals surface area contributed by atoms with Crippen molar-refractivity contribution >= 4 is 5.78 Å². The highest BCUT2D eigenvalue weighted by Crippen LogP contribution is 2.32. The van der Waals surface area contributed by atoms with Gasteiger partial charge < -0.3 is 5.32 Å². The lowest BCUT2D eigenvalue weighted by Gasteiger charge is -2.39. The van der Waals surface area contributed by atoms with Crippen LogP contribution in [0.1, 0.15) is 37.7 Å². The molecule has 2 bridgehead atoms. The summed E-state index contributed by atoms with van der Waals surface area (Å²) in [6.45, 7) is 0. The second-order valence-corrected chi connectivity index (χ2v) is 6.35. The summed E-state index contributed by atoms with van der Waals surface area (Å²) >= 11 is 0. The molecule has 2 saturated heterocycles. The van der Waals surface area contributed by atoms with E-state index in [-0.39, 0.29) is 12.1 Å². The van der Waals surface area contributed by atoms with E-state index in [0.29, 0.717) is 12.8 Å². The van der Waals surface area contributed by atoms with Crippen LogP contribution in [0, 0.1) is 35.0 Å². The summed E-state index contributed by atoms with van der Waals surface area (Å²) in [4.78, 5) is 12.3. The van der Waals surface area contributed by atoms with Gasteiger partial charge in [-0.3, -0.25) is 4.79 Å². The van der Waals surface area contributed by atoms with Gasteiger partial charge in [-0.05, 0) is 25.7 Å². The molecule has 2 unspecified atom stereocenters. The predicted molar refractivity (Wildman–Crippen MR) is 72.2 cm³/mol. The van der Waals surface area contributed by atoms with Crippen LogP contribution in [0.4, 0.5) is 22.0 Å². The molecule has 0 amide bonds. The number of ketones is 1. The Morgan fingerprint density at radius 3 is 1.87 bits per heavy atom. The third-order valence-electron chi connectivity index (χ3n) is 4.82. The van der Waals surface area contributed by atoms with Gasteiger partial charge in [0.2, 0.25) is 5.82 Å². The van der Waals surface area contributed by atoms with E-state index in [1.165, 1.54) is 0 Å². The molecule has 2 nitrogen and oxygen atoms in total. The zero-order valence-corrected chi connectivity index (χ0v) is 12.3. The average Bonchev–Trinajstić information content (AvgIpc) is 2.54. The van der Waals surface area contributed by atoms with Crippen molar-refractivity contribution in [2.24, 2.45) is 5.92 Å². The maximum absolute atomic E-state index is 13.7. The molecular weight excluding hydrogens is 317 g/mol. The molecule has 2 aliphatic heterocycles. The number of benzene rings is 1. The first-order valence-corrected chi connectivity index (χ1v) is 7.67. The maximum atomic E-state index is 13.7. The molecule has 0 saturated carbocycles. The maximum Gasteiger partial charge on any atom is 0.200 e. The van der Waals surface area contributed by atoms with Crippen LogP contribution in [-0.2, 0) is 11.2 Å². The van der Waals surface area contributed by atoms with Crippen molar-refractivity contribution < 1.29 is 26.7 Å². The van der Waals surface area contributed by atoms with E-state index in [0.717, 1.165) is 19.3 Å². The lowest BCUT2D eigenvalue weighted by Crippen LogP contribution is -2.50. The number of Topliss-reactive ketones (excluding diaryl/α,β-unsaturated/α-hetero) is 1. The van der Waals surface area contributed by atoms with Crippen molar-refractivity contribution in [2.45, 2.75) is 50.6 Å². The van der Waals surface area contributed by atoms with Crippen LogP contribution in [0.5, 0.6) is 0 Å². The SMILES string of the molecule is O=C(Cc1c(F)c(F)c(F)c(F)c1F)C1CC2CCCC(C1)N2. The molecule has 0 aliphatic carbocycles. The molecule has 23 heavy (non-hydrogen) atoms. The Bertz CT molecular complexity index is 607. The Labute approximate surface area is 130 Å². The zero-order chi connectivity index (χ0) is 16.7. The van der Waals surface area contributed by atoms with Gasteiger partial charge in [-0.25, -0.2) is 22.0 Å². The fourth-order valence-electron chi connectivity index (χ4n) is 3.65. The van der Waals surface area contributed by atoms with Gasteiger partial charge in [0, 0.05) is 30.0 Å². The second-order valence-electron chi connectivity index (χ2n) is 6.35. The number of halogens is 5. The van der Waals surface area contributed by atoms with Crippen molar-refractivity contribution in [3.8, 4) is 0 Å². The van der Waals surface area contributed by atoms with Gasteiger partial charge in [0.05, 0.1) is 0 Å². The number of carbonyl (C=O) groups is 1. The van der Waals surface area contributed by atoms with E-state index in [9.17, 15) is 26.7 Å². The first-order valence-electron chi connectivity index (χ1n) is 7.67. The summed E-state index contributed by atoms with van der Waals surface area (Å²) in [6, 6.07) is 0.376. The molecule has 2 fully saturated rings. The molecule has 0 aromatic heterocycles. The lowest BCUT2D eigenvalue weighted by molar-refractivity contribution is -0.124. The Hall–Kier alpha value is -1.50. The van der Waals surface area contributed by atoms with Gasteiger partial charge >= 0.3 is 0 Å². The highest BCUT2D eigenvalue weighted by Gasteiger charge is 2.36. The quantitative estimate of drug-likeness (QED) is 0.522. The zero-order valence-electron chi connectivity index (χ0n) is 12.3. The van der Waals surface area contributed by atoms with Crippen LogP contribution in [0.25, 0.3) is 0 Å². The Morgan fingerprint density at radius 2 is 1.35 bits per heavy atom. The fraction of sp³-hybridized carbons (Fsp3) is 0.562. The molecular formula is C16H16F5NO. The first kappa shape index (κ1) is 16.4. The van der Waals surface area contributed by atoms with Crippen LogP contribution in [0.3, 0.4) is 0 Å². The normalized spacial score (nSPS) is 27.1. The minimum Gasteiger partial charge on any atom is -0.311 e. The van der Waals surface area contributed by atoms with E-state index in [1.807, 2.05) is 0 Å². The Kier molecular flexibility index (Phi) is 4.40. The van der Waals surface area contributed by atoms with Crippen LogP contribution in [0.15, 0.2) is 0 Å². The molecule has 0 radical (unpaired) electrons. The second kappa shape index (κ2) is 6.19.